The van der Waals surface area contributed by atoms with E-state index in [0.29, 0.717) is 10.0 Å². The summed E-state index contributed by atoms with van der Waals surface area (Å²) in [4.78, 5) is 18.0. The highest BCUT2D eigenvalue weighted by molar-refractivity contribution is 14.0. The number of carbonyl (C=O) groups excluding carboxylic acids is 1. The SMILES string of the molecule is CC(NC(N)=NCC(=O)N1CCCCC1)c1ccc(Cl)cc1Cl.I. The van der Waals surface area contributed by atoms with Crippen molar-refractivity contribution < 1.29 is 4.79 Å². The zero-order valence-electron chi connectivity index (χ0n) is 13.6. The number of hydrogen-bond donors (Lipinski definition) is 2. The number of amides is 1. The van der Waals surface area contributed by atoms with Crippen LogP contribution < -0.4 is 11.1 Å². The zero-order valence-corrected chi connectivity index (χ0v) is 17.4. The number of aliphatic imine (C=N–C) groups is 1. The topological polar surface area (TPSA) is 70.7 Å². The molecule has 8 heteroatoms. The van der Waals surface area contributed by atoms with Gasteiger partial charge in [-0.25, -0.2) is 4.99 Å². The van der Waals surface area contributed by atoms with Crippen molar-refractivity contribution in [1.29, 1.82) is 0 Å². The van der Waals surface area contributed by atoms with Crippen molar-refractivity contribution in [3.63, 3.8) is 0 Å². The minimum absolute atomic E-state index is 0. The minimum atomic E-state index is -0.131. The lowest BCUT2D eigenvalue weighted by atomic mass is 10.1. The van der Waals surface area contributed by atoms with E-state index in [2.05, 4.69) is 10.3 Å². The van der Waals surface area contributed by atoms with Crippen molar-refractivity contribution in [2.24, 2.45) is 10.7 Å². The van der Waals surface area contributed by atoms with Gasteiger partial charge in [-0.2, -0.15) is 0 Å². The number of halogens is 3. The van der Waals surface area contributed by atoms with Crippen LogP contribution >= 0.6 is 47.2 Å². The van der Waals surface area contributed by atoms with Gasteiger partial charge in [-0.3, -0.25) is 4.79 Å². The fourth-order valence-electron chi connectivity index (χ4n) is 2.59. The quantitative estimate of drug-likeness (QED) is 0.389. The first kappa shape index (κ1) is 21.3. The van der Waals surface area contributed by atoms with Crippen molar-refractivity contribution in [2.45, 2.75) is 32.2 Å². The summed E-state index contributed by atoms with van der Waals surface area (Å²) in [6.45, 7) is 3.63. The molecule has 1 aliphatic heterocycles. The Labute approximate surface area is 170 Å². The predicted octanol–water partition coefficient (Wildman–Crippen LogP) is 3.59. The normalized spacial score (nSPS) is 16.3. The number of piperidine rings is 1. The second-order valence-corrected chi connectivity index (χ2v) is 6.52. The Balaban J connectivity index is 0.00000288. The highest BCUT2D eigenvalue weighted by Gasteiger charge is 2.16. The van der Waals surface area contributed by atoms with Crippen LogP contribution in [0.1, 0.15) is 37.8 Å². The largest absolute Gasteiger partial charge is 0.370 e. The van der Waals surface area contributed by atoms with E-state index in [4.69, 9.17) is 28.9 Å². The molecule has 1 atom stereocenters. The second kappa shape index (κ2) is 10.3. The standard InChI is InChI=1S/C16H22Cl2N4O.HI/c1-11(13-6-5-12(17)9-14(13)18)21-16(19)20-10-15(23)22-7-3-2-4-8-22;/h5-6,9,11H,2-4,7-8,10H2,1H3,(H3,19,20,21);1H. The molecule has 1 fully saturated rings. The van der Waals surface area contributed by atoms with Gasteiger partial charge in [0.05, 0.1) is 6.04 Å². The lowest BCUT2D eigenvalue weighted by Crippen LogP contribution is -2.39. The van der Waals surface area contributed by atoms with Crippen LogP contribution in [-0.4, -0.2) is 36.4 Å². The van der Waals surface area contributed by atoms with Crippen molar-refractivity contribution in [2.75, 3.05) is 19.6 Å². The van der Waals surface area contributed by atoms with Crippen molar-refractivity contribution in [1.82, 2.24) is 10.2 Å². The third-order valence-corrected chi connectivity index (χ3v) is 4.45. The van der Waals surface area contributed by atoms with Gasteiger partial charge in [0.25, 0.3) is 0 Å². The van der Waals surface area contributed by atoms with Crippen molar-refractivity contribution in [3.05, 3.63) is 33.8 Å². The smallest absolute Gasteiger partial charge is 0.244 e. The monoisotopic (exact) mass is 484 g/mol. The molecule has 0 radical (unpaired) electrons. The Morgan fingerprint density at radius 2 is 2.00 bits per heavy atom. The summed E-state index contributed by atoms with van der Waals surface area (Å²) in [6, 6.07) is 5.17. The number of likely N-dealkylation sites (tertiary alicyclic amines) is 1. The van der Waals surface area contributed by atoms with E-state index in [9.17, 15) is 4.79 Å². The number of rotatable bonds is 4. The molecule has 1 aromatic rings. The molecule has 0 aromatic heterocycles. The maximum atomic E-state index is 12.0. The molecule has 0 aliphatic carbocycles. The molecule has 134 valence electrons. The van der Waals surface area contributed by atoms with Gasteiger partial charge in [0.15, 0.2) is 5.96 Å². The van der Waals surface area contributed by atoms with Crippen LogP contribution in [0.5, 0.6) is 0 Å². The Morgan fingerprint density at radius 3 is 2.62 bits per heavy atom. The number of nitrogens with one attached hydrogen (secondary N) is 1. The Bertz CT molecular complexity index is 591. The van der Waals surface area contributed by atoms with Crippen LogP contribution in [0.3, 0.4) is 0 Å². The molecule has 1 unspecified atom stereocenters. The number of benzene rings is 1. The summed E-state index contributed by atoms with van der Waals surface area (Å²) < 4.78 is 0. The number of carbonyl (C=O) groups is 1. The fraction of sp³-hybridized carbons (Fsp3) is 0.500. The molecule has 0 spiro atoms. The van der Waals surface area contributed by atoms with Crippen LogP contribution in [0.2, 0.25) is 10.0 Å². The summed E-state index contributed by atoms with van der Waals surface area (Å²) >= 11 is 12.1. The fourth-order valence-corrected chi connectivity index (χ4v) is 3.17. The van der Waals surface area contributed by atoms with E-state index >= 15 is 0 Å². The maximum absolute atomic E-state index is 12.0. The van der Waals surface area contributed by atoms with Gasteiger partial charge in [-0.1, -0.05) is 29.3 Å². The first-order valence-electron chi connectivity index (χ1n) is 7.76. The average Bonchev–Trinajstić information content (AvgIpc) is 2.53. The summed E-state index contributed by atoms with van der Waals surface area (Å²) in [5.41, 5.74) is 6.74. The first-order valence-corrected chi connectivity index (χ1v) is 8.52. The molecule has 0 saturated carbocycles. The van der Waals surface area contributed by atoms with Gasteiger partial charge < -0.3 is 16.0 Å². The van der Waals surface area contributed by atoms with E-state index < -0.39 is 0 Å². The highest BCUT2D eigenvalue weighted by atomic mass is 127. The molecule has 5 nitrogen and oxygen atoms in total. The van der Waals surface area contributed by atoms with Gasteiger partial charge in [0.1, 0.15) is 6.54 Å². The lowest BCUT2D eigenvalue weighted by Gasteiger charge is -2.26. The van der Waals surface area contributed by atoms with E-state index in [-0.39, 0.29) is 48.4 Å². The summed E-state index contributed by atoms with van der Waals surface area (Å²) in [6.07, 6.45) is 3.32. The third kappa shape index (κ3) is 6.29. The molecule has 24 heavy (non-hydrogen) atoms. The molecule has 1 saturated heterocycles. The summed E-state index contributed by atoms with van der Waals surface area (Å²) in [7, 11) is 0. The Kier molecular flexibility index (Phi) is 9.15. The maximum Gasteiger partial charge on any atom is 0.244 e. The molecular weight excluding hydrogens is 462 g/mol. The molecule has 3 N–H and O–H groups in total. The van der Waals surface area contributed by atoms with Gasteiger partial charge in [0, 0.05) is 23.1 Å². The Hall–Kier alpha value is -0.730. The van der Waals surface area contributed by atoms with Gasteiger partial charge in [-0.15, -0.1) is 24.0 Å². The highest BCUT2D eigenvalue weighted by Crippen LogP contribution is 2.25. The molecule has 2 rings (SSSR count). The second-order valence-electron chi connectivity index (χ2n) is 5.67. The predicted molar refractivity (Wildman–Crippen MR) is 110 cm³/mol. The molecule has 1 heterocycles. The average molecular weight is 485 g/mol. The number of nitrogens with two attached hydrogens (primary N) is 1. The van der Waals surface area contributed by atoms with Crippen molar-refractivity contribution in [3.8, 4) is 0 Å². The lowest BCUT2D eigenvalue weighted by molar-refractivity contribution is -0.130. The van der Waals surface area contributed by atoms with E-state index in [1.54, 1.807) is 12.1 Å². The number of nitrogens with zero attached hydrogens (tertiary/aromatic N) is 2. The van der Waals surface area contributed by atoms with Gasteiger partial charge in [-0.05, 0) is 43.9 Å². The van der Waals surface area contributed by atoms with Crippen LogP contribution in [0.15, 0.2) is 23.2 Å². The van der Waals surface area contributed by atoms with Gasteiger partial charge >= 0.3 is 0 Å². The molecule has 1 aromatic carbocycles. The van der Waals surface area contributed by atoms with Crippen LogP contribution in [0.4, 0.5) is 0 Å². The zero-order chi connectivity index (χ0) is 16.8. The number of guanidine groups is 1. The van der Waals surface area contributed by atoms with E-state index in [1.165, 1.54) is 6.42 Å². The van der Waals surface area contributed by atoms with Crippen LogP contribution in [0, 0.1) is 0 Å². The van der Waals surface area contributed by atoms with E-state index in [1.807, 2.05) is 17.9 Å². The van der Waals surface area contributed by atoms with Crippen molar-refractivity contribution >= 4 is 59.0 Å². The minimum Gasteiger partial charge on any atom is -0.370 e. The molecule has 0 bridgehead atoms. The molecular formula is C16H23Cl2IN4O. The molecule has 1 aliphatic rings. The summed E-state index contributed by atoms with van der Waals surface area (Å²) in [5.74, 6) is 0.250. The molecule has 1 amide bonds. The van der Waals surface area contributed by atoms with Crippen LogP contribution in [-0.2, 0) is 4.79 Å². The number of hydrogen-bond acceptors (Lipinski definition) is 2. The van der Waals surface area contributed by atoms with Gasteiger partial charge in [0.2, 0.25) is 5.91 Å². The van der Waals surface area contributed by atoms with Crippen LogP contribution in [0.25, 0.3) is 0 Å². The first-order chi connectivity index (χ1) is 11.0. The third-order valence-electron chi connectivity index (χ3n) is 3.89. The van der Waals surface area contributed by atoms with E-state index in [0.717, 1.165) is 31.5 Å². The summed E-state index contributed by atoms with van der Waals surface area (Å²) in [5, 5.41) is 4.19. The Morgan fingerprint density at radius 1 is 1.33 bits per heavy atom.